The average molecular weight is 321 g/mol. The van der Waals surface area contributed by atoms with Gasteiger partial charge in [-0.1, -0.05) is 26.8 Å². The van der Waals surface area contributed by atoms with Crippen LogP contribution in [0.4, 0.5) is 8.78 Å². The number of rotatable bonds is 5. The number of hydrogen-bond donors (Lipinski definition) is 1. The Bertz CT molecular complexity index is 407. The van der Waals surface area contributed by atoms with Crippen molar-refractivity contribution in [3.63, 3.8) is 0 Å². The monoisotopic (exact) mass is 320 g/mol. The maximum atomic E-state index is 13.4. The summed E-state index contributed by atoms with van der Waals surface area (Å²) in [6, 6.07) is 2.47. The molecule has 0 aliphatic heterocycles. The highest BCUT2D eigenvalue weighted by Crippen LogP contribution is 2.32. The summed E-state index contributed by atoms with van der Waals surface area (Å²) >= 11 is 3.00. The Kier molecular flexibility index (Phi) is 5.73. The summed E-state index contributed by atoms with van der Waals surface area (Å²) < 4.78 is 26.4. The zero-order valence-electron chi connectivity index (χ0n) is 10.9. The van der Waals surface area contributed by atoms with Crippen LogP contribution in [-0.2, 0) is 0 Å². The van der Waals surface area contributed by atoms with Crippen molar-refractivity contribution in [3.05, 3.63) is 33.8 Å². The van der Waals surface area contributed by atoms with Crippen LogP contribution in [0.15, 0.2) is 16.6 Å². The Morgan fingerprint density at radius 2 is 1.78 bits per heavy atom. The number of aliphatic hydroxyl groups excluding tert-OH is 1. The zero-order chi connectivity index (χ0) is 13.9. The average Bonchev–Trinajstić information content (AvgIpc) is 2.24. The Balaban J connectivity index is 2.78. The van der Waals surface area contributed by atoms with Gasteiger partial charge in [-0.3, -0.25) is 0 Å². The molecular formula is C14H19BrF2O. The van der Waals surface area contributed by atoms with Gasteiger partial charge in [-0.05, 0) is 52.2 Å². The largest absolute Gasteiger partial charge is 0.388 e. The van der Waals surface area contributed by atoms with Gasteiger partial charge in [-0.15, -0.1) is 0 Å². The molecule has 0 saturated heterocycles. The Hall–Kier alpha value is -0.480. The molecule has 102 valence electrons. The first kappa shape index (κ1) is 15.6. The normalized spacial score (nSPS) is 14.9. The van der Waals surface area contributed by atoms with Gasteiger partial charge in [0.25, 0.3) is 0 Å². The highest BCUT2D eigenvalue weighted by Gasteiger charge is 2.19. The van der Waals surface area contributed by atoms with Gasteiger partial charge in [0.15, 0.2) is 11.6 Å². The Morgan fingerprint density at radius 1 is 1.17 bits per heavy atom. The molecule has 1 aromatic rings. The van der Waals surface area contributed by atoms with Crippen LogP contribution in [-0.4, -0.2) is 5.11 Å². The summed E-state index contributed by atoms with van der Waals surface area (Å²) in [7, 11) is 0. The molecule has 0 bridgehead atoms. The maximum absolute atomic E-state index is 13.4. The Labute approximate surface area is 115 Å². The van der Waals surface area contributed by atoms with Crippen LogP contribution in [0.1, 0.15) is 45.3 Å². The van der Waals surface area contributed by atoms with Crippen LogP contribution >= 0.6 is 15.9 Å². The summed E-state index contributed by atoms with van der Waals surface area (Å²) in [6.45, 7) is 6.30. The van der Waals surface area contributed by atoms with Crippen LogP contribution in [0.25, 0.3) is 0 Å². The molecule has 2 atom stereocenters. The summed E-state index contributed by atoms with van der Waals surface area (Å²) in [6.07, 6.45) is 0.767. The lowest BCUT2D eigenvalue weighted by Gasteiger charge is -2.19. The molecule has 1 N–H and O–H groups in total. The first-order chi connectivity index (χ1) is 8.32. The van der Waals surface area contributed by atoms with Crippen LogP contribution in [0.5, 0.6) is 0 Å². The fraction of sp³-hybridized carbons (Fsp3) is 0.571. The van der Waals surface area contributed by atoms with Crippen molar-refractivity contribution in [2.75, 3.05) is 0 Å². The number of aliphatic hydroxyl groups is 1. The van der Waals surface area contributed by atoms with Gasteiger partial charge in [-0.25, -0.2) is 8.78 Å². The van der Waals surface area contributed by atoms with E-state index in [1.807, 2.05) is 0 Å². The molecule has 1 nitrogen and oxygen atoms in total. The molecule has 0 aromatic heterocycles. The predicted octanol–water partition coefficient (Wildman–Crippen LogP) is 4.83. The quantitative estimate of drug-likeness (QED) is 0.770. The van der Waals surface area contributed by atoms with E-state index in [0.717, 1.165) is 12.5 Å². The molecule has 0 saturated carbocycles. The predicted molar refractivity (Wildman–Crippen MR) is 72.3 cm³/mol. The third-order valence-electron chi connectivity index (χ3n) is 2.92. The van der Waals surface area contributed by atoms with Crippen LogP contribution in [0.3, 0.4) is 0 Å². The lowest BCUT2D eigenvalue weighted by molar-refractivity contribution is 0.140. The summed E-state index contributed by atoms with van der Waals surface area (Å²) in [5, 5.41) is 10.1. The second kappa shape index (κ2) is 6.62. The van der Waals surface area contributed by atoms with Crippen molar-refractivity contribution in [1.82, 2.24) is 0 Å². The van der Waals surface area contributed by atoms with Gasteiger partial charge in [0.05, 0.1) is 10.6 Å². The van der Waals surface area contributed by atoms with Crippen molar-refractivity contribution in [1.29, 1.82) is 0 Å². The molecular weight excluding hydrogens is 302 g/mol. The zero-order valence-corrected chi connectivity index (χ0v) is 12.5. The number of hydrogen-bond acceptors (Lipinski definition) is 1. The highest BCUT2D eigenvalue weighted by molar-refractivity contribution is 9.10. The fourth-order valence-electron chi connectivity index (χ4n) is 2.21. The molecule has 0 aliphatic rings. The maximum Gasteiger partial charge on any atom is 0.173 e. The van der Waals surface area contributed by atoms with Crippen molar-refractivity contribution in [3.8, 4) is 0 Å². The first-order valence-electron chi connectivity index (χ1n) is 6.14. The van der Waals surface area contributed by atoms with E-state index < -0.39 is 17.7 Å². The second-order valence-electron chi connectivity index (χ2n) is 5.25. The van der Waals surface area contributed by atoms with Crippen LogP contribution < -0.4 is 0 Å². The molecule has 18 heavy (non-hydrogen) atoms. The molecule has 1 aromatic carbocycles. The first-order valence-corrected chi connectivity index (χ1v) is 6.93. The molecule has 0 fully saturated rings. The van der Waals surface area contributed by atoms with Crippen LogP contribution in [0.2, 0.25) is 0 Å². The van der Waals surface area contributed by atoms with Crippen molar-refractivity contribution < 1.29 is 13.9 Å². The van der Waals surface area contributed by atoms with E-state index in [9.17, 15) is 13.9 Å². The lowest BCUT2D eigenvalue weighted by Crippen LogP contribution is -2.08. The lowest BCUT2D eigenvalue weighted by atomic mass is 9.91. The summed E-state index contributed by atoms with van der Waals surface area (Å²) in [4.78, 5) is 0. The number of benzene rings is 1. The molecule has 0 radical (unpaired) electrons. The van der Waals surface area contributed by atoms with Gasteiger partial charge >= 0.3 is 0 Å². The standard InChI is InChI=1S/C14H19BrF2O/c1-8(2)6-9(3)7-12(18)10-4-5-11(16)14(17)13(10)15/h4-5,8-9,12,18H,6-7H2,1-3H3. The van der Waals surface area contributed by atoms with Gasteiger partial charge < -0.3 is 5.11 Å². The topological polar surface area (TPSA) is 20.2 Å². The molecule has 0 spiro atoms. The number of halogens is 3. The molecule has 0 aliphatic carbocycles. The van der Waals surface area contributed by atoms with Crippen molar-refractivity contribution in [2.24, 2.45) is 11.8 Å². The van der Waals surface area contributed by atoms with E-state index in [4.69, 9.17) is 0 Å². The van der Waals surface area contributed by atoms with Gasteiger partial charge in [0.2, 0.25) is 0 Å². The molecule has 0 amide bonds. The minimum Gasteiger partial charge on any atom is -0.388 e. The molecule has 0 heterocycles. The molecule has 2 unspecified atom stereocenters. The van der Waals surface area contributed by atoms with Gasteiger partial charge in [0.1, 0.15) is 0 Å². The molecule has 1 rings (SSSR count). The highest BCUT2D eigenvalue weighted by atomic mass is 79.9. The van der Waals surface area contributed by atoms with Gasteiger partial charge in [-0.2, -0.15) is 0 Å². The summed E-state index contributed by atoms with van der Waals surface area (Å²) in [5.41, 5.74) is 0.407. The Morgan fingerprint density at radius 3 is 2.33 bits per heavy atom. The van der Waals surface area contributed by atoms with E-state index >= 15 is 0 Å². The third-order valence-corrected chi connectivity index (χ3v) is 3.73. The van der Waals surface area contributed by atoms with Crippen molar-refractivity contribution in [2.45, 2.75) is 39.7 Å². The minimum absolute atomic E-state index is 0.0201. The minimum atomic E-state index is -0.942. The SMILES string of the molecule is CC(C)CC(C)CC(O)c1ccc(F)c(F)c1Br. The van der Waals surface area contributed by atoms with E-state index in [1.165, 1.54) is 6.07 Å². The van der Waals surface area contributed by atoms with Crippen LogP contribution in [0, 0.1) is 23.5 Å². The smallest absolute Gasteiger partial charge is 0.173 e. The third kappa shape index (κ3) is 4.02. The van der Waals surface area contributed by atoms with E-state index in [-0.39, 0.29) is 4.47 Å². The summed E-state index contributed by atoms with van der Waals surface area (Å²) in [5.74, 6) is -0.961. The second-order valence-corrected chi connectivity index (χ2v) is 6.04. The van der Waals surface area contributed by atoms with Gasteiger partial charge in [0, 0.05) is 0 Å². The fourth-order valence-corrected chi connectivity index (χ4v) is 2.79. The van der Waals surface area contributed by atoms with E-state index in [2.05, 4.69) is 36.7 Å². The van der Waals surface area contributed by atoms with Crippen molar-refractivity contribution >= 4 is 15.9 Å². The van der Waals surface area contributed by atoms with E-state index in [0.29, 0.717) is 23.8 Å². The molecule has 4 heteroatoms. The van der Waals surface area contributed by atoms with E-state index in [1.54, 1.807) is 0 Å².